The summed E-state index contributed by atoms with van der Waals surface area (Å²) in [5.74, 6) is -2.48. The standard InChI is InChI=1S/C22H41N3O3/c1-3-4-5-6-7-8-9-10-11-12-13-14-15-16-17-18-20(26)24-22(23)25(2)19-21(27)28/h10-11H,3-9,12-19H2,1-2H3,(H,27,28)(H2,23,24,26)/b11-10-/i2D3. The third kappa shape index (κ3) is 17.6. The Morgan fingerprint density at radius 3 is 2.04 bits per heavy atom. The first-order valence-electron chi connectivity index (χ1n) is 12.2. The molecule has 0 fully saturated rings. The lowest BCUT2D eigenvalue weighted by molar-refractivity contribution is -0.137. The molecule has 6 nitrogen and oxygen atoms in total. The van der Waals surface area contributed by atoms with E-state index in [2.05, 4.69) is 24.1 Å². The fraction of sp³-hybridized carbons (Fsp3) is 0.773. The summed E-state index contributed by atoms with van der Waals surface area (Å²) in [5.41, 5.74) is 5.53. The maximum absolute atomic E-state index is 11.9. The van der Waals surface area contributed by atoms with E-state index in [-0.39, 0.29) is 6.42 Å². The number of nitrogens with zero attached hydrogens (tertiary/aromatic N) is 2. The molecule has 0 spiro atoms. The zero-order chi connectivity index (χ0) is 23.5. The molecule has 0 unspecified atom stereocenters. The number of nitrogens with two attached hydrogens (primary N) is 1. The number of rotatable bonds is 17. The fourth-order valence-corrected chi connectivity index (χ4v) is 2.81. The predicted molar refractivity (Wildman–Crippen MR) is 116 cm³/mol. The lowest BCUT2D eigenvalue weighted by Gasteiger charge is -2.14. The minimum atomic E-state index is -2.77. The van der Waals surface area contributed by atoms with Crippen molar-refractivity contribution in [2.75, 3.05) is 13.5 Å². The Morgan fingerprint density at radius 1 is 0.964 bits per heavy atom. The Bertz CT molecular complexity index is 564. The highest BCUT2D eigenvalue weighted by atomic mass is 16.4. The van der Waals surface area contributed by atoms with E-state index in [0.29, 0.717) is 11.3 Å². The Hall–Kier alpha value is -1.85. The molecule has 1 amide bonds. The van der Waals surface area contributed by atoms with Gasteiger partial charge in [-0.1, -0.05) is 70.4 Å². The van der Waals surface area contributed by atoms with Crippen LogP contribution < -0.4 is 5.73 Å². The zero-order valence-electron chi connectivity index (χ0n) is 20.5. The minimum absolute atomic E-state index is 0.167. The van der Waals surface area contributed by atoms with Crippen LogP contribution in [0, 0.1) is 0 Å². The molecular formula is C22H41N3O3. The molecule has 0 bridgehead atoms. The number of unbranched alkanes of at least 4 members (excludes halogenated alkanes) is 11. The molecule has 0 saturated heterocycles. The van der Waals surface area contributed by atoms with Gasteiger partial charge in [0.25, 0.3) is 0 Å². The Kier molecular flexibility index (Phi) is 13.8. The summed E-state index contributed by atoms with van der Waals surface area (Å²) in [5, 5.41) is 8.79. The van der Waals surface area contributed by atoms with Gasteiger partial charge in [-0.3, -0.25) is 9.59 Å². The number of carboxylic acids is 1. The zero-order valence-corrected chi connectivity index (χ0v) is 17.5. The second-order valence-corrected chi connectivity index (χ2v) is 7.18. The highest BCUT2D eigenvalue weighted by Crippen LogP contribution is 2.10. The van der Waals surface area contributed by atoms with Gasteiger partial charge in [0.2, 0.25) is 5.91 Å². The van der Waals surface area contributed by atoms with Crippen LogP contribution >= 0.6 is 0 Å². The van der Waals surface area contributed by atoms with E-state index in [0.717, 1.165) is 32.1 Å². The third-order valence-corrected chi connectivity index (χ3v) is 4.46. The van der Waals surface area contributed by atoms with Crippen LogP contribution in [0.15, 0.2) is 17.1 Å². The summed E-state index contributed by atoms with van der Waals surface area (Å²) in [7, 11) is 0. The maximum atomic E-state index is 11.9. The molecule has 3 N–H and O–H groups in total. The van der Waals surface area contributed by atoms with Gasteiger partial charge in [-0.15, -0.1) is 0 Å². The van der Waals surface area contributed by atoms with Gasteiger partial charge >= 0.3 is 5.97 Å². The molecule has 0 aliphatic rings. The van der Waals surface area contributed by atoms with E-state index in [1.807, 2.05) is 0 Å². The highest BCUT2D eigenvalue weighted by molar-refractivity contribution is 5.93. The van der Waals surface area contributed by atoms with Crippen LogP contribution in [0.1, 0.15) is 101 Å². The third-order valence-electron chi connectivity index (χ3n) is 4.46. The van der Waals surface area contributed by atoms with Gasteiger partial charge in [-0.05, 0) is 32.1 Å². The first-order valence-corrected chi connectivity index (χ1v) is 10.7. The van der Waals surface area contributed by atoms with Crippen molar-refractivity contribution >= 4 is 17.8 Å². The average molecular weight is 399 g/mol. The molecule has 0 aliphatic heterocycles. The van der Waals surface area contributed by atoms with Gasteiger partial charge in [0.15, 0.2) is 5.96 Å². The smallest absolute Gasteiger partial charge is 0.323 e. The molecule has 0 heterocycles. The molecule has 0 saturated carbocycles. The molecule has 6 heteroatoms. The largest absolute Gasteiger partial charge is 0.480 e. The second-order valence-electron chi connectivity index (χ2n) is 7.18. The summed E-state index contributed by atoms with van der Waals surface area (Å²) in [6, 6.07) is 0. The van der Waals surface area contributed by atoms with Gasteiger partial charge in [0.05, 0.1) is 0 Å². The van der Waals surface area contributed by atoms with Gasteiger partial charge in [-0.25, -0.2) is 0 Å². The number of carbonyl (C=O) groups is 2. The maximum Gasteiger partial charge on any atom is 0.323 e. The number of aliphatic carboxylic acids is 1. The van der Waals surface area contributed by atoms with Gasteiger partial charge < -0.3 is 15.7 Å². The number of aliphatic imine (C=N–C) groups is 1. The molecule has 0 aromatic carbocycles. The van der Waals surface area contributed by atoms with E-state index in [1.54, 1.807) is 0 Å². The molecule has 0 aromatic heterocycles. The first kappa shape index (κ1) is 20.9. The minimum Gasteiger partial charge on any atom is -0.480 e. The summed E-state index contributed by atoms with van der Waals surface area (Å²) in [4.78, 5) is 26.6. The number of allylic oxidation sites excluding steroid dienone is 2. The molecule has 0 atom stereocenters. The summed E-state index contributed by atoms with van der Waals surface area (Å²) in [6.45, 7) is -1.38. The van der Waals surface area contributed by atoms with Crippen molar-refractivity contribution in [3.63, 3.8) is 0 Å². The van der Waals surface area contributed by atoms with E-state index in [4.69, 9.17) is 15.0 Å². The van der Waals surface area contributed by atoms with E-state index >= 15 is 0 Å². The summed E-state index contributed by atoms with van der Waals surface area (Å²) in [6.07, 6.45) is 19.7. The molecular weight excluding hydrogens is 354 g/mol. The topological polar surface area (TPSA) is 96.0 Å². The number of guanidine groups is 1. The van der Waals surface area contributed by atoms with Crippen molar-refractivity contribution in [1.82, 2.24) is 4.90 Å². The van der Waals surface area contributed by atoms with Gasteiger partial charge in [-0.2, -0.15) is 4.99 Å². The van der Waals surface area contributed by atoms with Crippen molar-refractivity contribution in [1.29, 1.82) is 0 Å². The van der Waals surface area contributed by atoms with Gasteiger partial charge in [0.1, 0.15) is 6.54 Å². The van der Waals surface area contributed by atoms with Crippen molar-refractivity contribution in [2.24, 2.45) is 10.7 Å². The van der Waals surface area contributed by atoms with Crippen LogP contribution in [-0.4, -0.2) is 41.4 Å². The average Bonchev–Trinajstić information content (AvgIpc) is 2.68. The predicted octanol–water partition coefficient (Wildman–Crippen LogP) is 4.88. The Morgan fingerprint density at radius 2 is 1.50 bits per heavy atom. The van der Waals surface area contributed by atoms with Crippen LogP contribution in [0.5, 0.6) is 0 Å². The molecule has 162 valence electrons. The molecule has 28 heavy (non-hydrogen) atoms. The number of likely N-dealkylation sites (N-methyl/N-ethyl adjacent to an activating group) is 1. The van der Waals surface area contributed by atoms with Crippen LogP contribution in [0.2, 0.25) is 0 Å². The monoisotopic (exact) mass is 398 g/mol. The van der Waals surface area contributed by atoms with Gasteiger partial charge in [0, 0.05) is 17.5 Å². The SMILES string of the molecule is [2H]C([2H])([2H])N(CC(=O)O)C(N)=NC(=O)CCCCCCC/C=C\CCCCCCCC. The van der Waals surface area contributed by atoms with Crippen LogP contribution in [0.25, 0.3) is 0 Å². The van der Waals surface area contributed by atoms with Crippen molar-refractivity contribution < 1.29 is 18.8 Å². The van der Waals surface area contributed by atoms with Crippen molar-refractivity contribution in [2.45, 2.75) is 96.8 Å². The van der Waals surface area contributed by atoms with Crippen molar-refractivity contribution in [3.05, 3.63) is 12.2 Å². The van der Waals surface area contributed by atoms with Crippen LogP contribution in [-0.2, 0) is 9.59 Å². The Balaban J connectivity index is 3.84. The number of carboxylic acid groups (broad SMARTS) is 1. The van der Waals surface area contributed by atoms with Crippen LogP contribution in [0.4, 0.5) is 0 Å². The lowest BCUT2D eigenvalue weighted by atomic mass is 10.1. The quantitative estimate of drug-likeness (QED) is 0.157. The number of carbonyl (C=O) groups excluding carboxylic acids is 1. The second kappa shape index (κ2) is 18.5. The summed E-state index contributed by atoms with van der Waals surface area (Å²) >= 11 is 0. The Labute approximate surface area is 175 Å². The number of hydrogen-bond donors (Lipinski definition) is 2. The molecule has 0 aliphatic carbocycles. The summed E-state index contributed by atoms with van der Waals surface area (Å²) < 4.78 is 21.9. The first-order chi connectivity index (χ1) is 14.7. The highest BCUT2D eigenvalue weighted by Gasteiger charge is 2.08. The van der Waals surface area contributed by atoms with E-state index < -0.39 is 31.4 Å². The fourth-order valence-electron chi connectivity index (χ4n) is 2.81. The normalized spacial score (nSPS) is 13.9. The van der Waals surface area contributed by atoms with E-state index in [1.165, 1.54) is 44.9 Å². The molecule has 0 aromatic rings. The molecule has 0 radical (unpaired) electrons. The number of amides is 1. The number of hydrogen-bond acceptors (Lipinski definition) is 2. The lowest BCUT2D eigenvalue weighted by Crippen LogP contribution is -2.38. The van der Waals surface area contributed by atoms with Crippen LogP contribution in [0.3, 0.4) is 0 Å². The van der Waals surface area contributed by atoms with Crippen molar-refractivity contribution in [3.8, 4) is 0 Å². The molecule has 0 rings (SSSR count). The van der Waals surface area contributed by atoms with E-state index in [9.17, 15) is 9.59 Å².